The van der Waals surface area contributed by atoms with Gasteiger partial charge in [-0.25, -0.2) is 0 Å². The summed E-state index contributed by atoms with van der Waals surface area (Å²) in [6.07, 6.45) is 11.9. The molecule has 1 N–H and O–H groups in total. The first-order valence-electron chi connectivity index (χ1n) is 9.05. The Morgan fingerprint density at radius 2 is 1.75 bits per heavy atom. The third kappa shape index (κ3) is 2.43. The van der Waals surface area contributed by atoms with Gasteiger partial charge in [0, 0.05) is 19.2 Å². The Morgan fingerprint density at radius 3 is 2.30 bits per heavy atom. The van der Waals surface area contributed by atoms with E-state index in [1.807, 2.05) is 0 Å². The van der Waals surface area contributed by atoms with E-state index >= 15 is 0 Å². The molecule has 2 unspecified atom stereocenters. The van der Waals surface area contributed by atoms with Gasteiger partial charge in [-0.05, 0) is 87.4 Å². The molecule has 2 atom stereocenters. The van der Waals surface area contributed by atoms with E-state index < -0.39 is 0 Å². The summed E-state index contributed by atoms with van der Waals surface area (Å²) in [6, 6.07) is 0.720. The molecule has 0 aromatic rings. The molecule has 20 heavy (non-hydrogen) atoms. The van der Waals surface area contributed by atoms with Crippen molar-refractivity contribution in [2.45, 2.75) is 64.3 Å². The minimum atomic E-state index is 0.657. The third-order valence-corrected chi connectivity index (χ3v) is 6.97. The molecule has 0 spiro atoms. The smallest absolute Gasteiger partial charge is 0.0506 e. The summed E-state index contributed by atoms with van der Waals surface area (Å²) in [7, 11) is 0. The van der Waals surface area contributed by atoms with Gasteiger partial charge in [-0.3, -0.25) is 0 Å². The Morgan fingerprint density at radius 1 is 1.10 bits per heavy atom. The van der Waals surface area contributed by atoms with Crippen molar-refractivity contribution in [3.63, 3.8) is 0 Å². The van der Waals surface area contributed by atoms with E-state index in [2.05, 4.69) is 12.2 Å². The minimum Gasteiger partial charge on any atom is -0.381 e. The largest absolute Gasteiger partial charge is 0.381 e. The minimum absolute atomic E-state index is 0.657. The first kappa shape index (κ1) is 13.6. The average molecular weight is 277 g/mol. The van der Waals surface area contributed by atoms with E-state index in [1.165, 1.54) is 38.6 Å². The first-order valence-corrected chi connectivity index (χ1v) is 9.05. The van der Waals surface area contributed by atoms with Gasteiger partial charge >= 0.3 is 0 Å². The van der Waals surface area contributed by atoms with Gasteiger partial charge in [0.2, 0.25) is 0 Å². The summed E-state index contributed by atoms with van der Waals surface area (Å²) >= 11 is 0. The highest BCUT2D eigenvalue weighted by molar-refractivity contribution is 5.05. The third-order valence-electron chi connectivity index (χ3n) is 6.97. The zero-order valence-electron chi connectivity index (χ0n) is 13.1. The molecule has 0 amide bonds. The van der Waals surface area contributed by atoms with Crippen LogP contribution in [0, 0.1) is 29.1 Å². The maximum Gasteiger partial charge on any atom is 0.0506 e. The van der Waals surface area contributed by atoms with Gasteiger partial charge in [-0.1, -0.05) is 0 Å². The molecule has 0 aromatic heterocycles. The first-order chi connectivity index (χ1) is 9.73. The van der Waals surface area contributed by atoms with Crippen molar-refractivity contribution in [3.05, 3.63) is 0 Å². The number of hydrogen-bond acceptors (Lipinski definition) is 2. The summed E-state index contributed by atoms with van der Waals surface area (Å²) in [5, 5.41) is 3.93. The molecule has 114 valence electrons. The highest BCUT2D eigenvalue weighted by atomic mass is 16.5. The highest BCUT2D eigenvalue weighted by Crippen LogP contribution is 2.61. The van der Waals surface area contributed by atoms with Crippen molar-refractivity contribution < 1.29 is 4.74 Å². The Bertz CT molecular complexity index is 312. The van der Waals surface area contributed by atoms with Crippen LogP contribution < -0.4 is 5.32 Å². The summed E-state index contributed by atoms with van der Waals surface area (Å²) in [6.45, 7) is 5.64. The van der Waals surface area contributed by atoms with Gasteiger partial charge in [0.05, 0.1) is 6.61 Å². The maximum atomic E-state index is 5.62. The van der Waals surface area contributed by atoms with E-state index in [0.717, 1.165) is 42.9 Å². The predicted molar refractivity (Wildman–Crippen MR) is 81.6 cm³/mol. The fraction of sp³-hybridized carbons (Fsp3) is 1.00. The molecule has 2 heteroatoms. The quantitative estimate of drug-likeness (QED) is 0.847. The van der Waals surface area contributed by atoms with Crippen LogP contribution in [-0.2, 0) is 4.74 Å². The molecule has 4 aliphatic carbocycles. The molecule has 0 radical (unpaired) electrons. The molecule has 1 aliphatic heterocycles. The summed E-state index contributed by atoms with van der Waals surface area (Å²) in [5.41, 5.74) is 0.657. The van der Waals surface area contributed by atoms with Crippen LogP contribution in [0.2, 0.25) is 0 Å². The van der Waals surface area contributed by atoms with Crippen molar-refractivity contribution in [1.29, 1.82) is 0 Å². The standard InChI is InChI=1S/C18H31NO/c1-13(19-11-14-3-2-4-20-12-14)18-8-15-5-16(9-18)7-17(6-15)10-18/h13-17,19H,2-12H2,1H3. The van der Waals surface area contributed by atoms with E-state index in [-0.39, 0.29) is 0 Å². The van der Waals surface area contributed by atoms with Gasteiger partial charge in [-0.15, -0.1) is 0 Å². The van der Waals surface area contributed by atoms with Crippen LogP contribution in [0.5, 0.6) is 0 Å². The maximum absolute atomic E-state index is 5.62. The topological polar surface area (TPSA) is 21.3 Å². The van der Waals surface area contributed by atoms with Crippen LogP contribution in [0.3, 0.4) is 0 Å². The van der Waals surface area contributed by atoms with Crippen LogP contribution in [0.15, 0.2) is 0 Å². The molecule has 4 bridgehead atoms. The lowest BCUT2D eigenvalue weighted by atomic mass is 9.48. The van der Waals surface area contributed by atoms with Crippen molar-refractivity contribution in [1.82, 2.24) is 5.32 Å². The monoisotopic (exact) mass is 277 g/mol. The second-order valence-corrected chi connectivity index (χ2v) is 8.49. The fourth-order valence-electron chi connectivity index (χ4n) is 6.24. The van der Waals surface area contributed by atoms with Gasteiger partial charge < -0.3 is 10.1 Å². The van der Waals surface area contributed by atoms with Gasteiger partial charge in [0.1, 0.15) is 0 Å². The number of nitrogens with one attached hydrogen (secondary N) is 1. The summed E-state index contributed by atoms with van der Waals surface area (Å²) < 4.78 is 5.62. The molecule has 0 aromatic carbocycles. The van der Waals surface area contributed by atoms with Crippen LogP contribution in [-0.4, -0.2) is 25.8 Å². The Labute approximate surface area is 124 Å². The SMILES string of the molecule is CC(NCC1CCCOC1)C12CC3CC(CC(C3)C1)C2. The lowest BCUT2D eigenvalue weighted by Crippen LogP contribution is -2.55. The van der Waals surface area contributed by atoms with E-state index in [0.29, 0.717) is 5.41 Å². The lowest BCUT2D eigenvalue weighted by Gasteiger charge is -2.59. The lowest BCUT2D eigenvalue weighted by molar-refractivity contribution is -0.0717. The zero-order chi connectivity index (χ0) is 13.6. The predicted octanol–water partition coefficient (Wildman–Crippen LogP) is 3.61. The molecule has 1 heterocycles. The number of hydrogen-bond donors (Lipinski definition) is 1. The Kier molecular flexibility index (Phi) is 3.58. The average Bonchev–Trinajstić information content (AvgIpc) is 2.44. The zero-order valence-corrected chi connectivity index (χ0v) is 13.1. The molecular weight excluding hydrogens is 246 g/mol. The number of rotatable bonds is 4. The number of ether oxygens (including phenoxy) is 1. The van der Waals surface area contributed by atoms with Gasteiger partial charge in [-0.2, -0.15) is 0 Å². The van der Waals surface area contributed by atoms with E-state index in [4.69, 9.17) is 4.74 Å². The summed E-state index contributed by atoms with van der Waals surface area (Å²) in [4.78, 5) is 0. The molecule has 1 saturated heterocycles. The second kappa shape index (κ2) is 5.28. The van der Waals surface area contributed by atoms with Crippen LogP contribution in [0.1, 0.15) is 58.3 Å². The van der Waals surface area contributed by atoms with E-state index in [1.54, 1.807) is 19.3 Å². The second-order valence-electron chi connectivity index (χ2n) is 8.49. The van der Waals surface area contributed by atoms with Crippen LogP contribution in [0.4, 0.5) is 0 Å². The molecule has 2 nitrogen and oxygen atoms in total. The Balaban J connectivity index is 1.36. The van der Waals surface area contributed by atoms with Gasteiger partial charge in [0.15, 0.2) is 0 Å². The van der Waals surface area contributed by atoms with Crippen LogP contribution in [0.25, 0.3) is 0 Å². The van der Waals surface area contributed by atoms with Crippen molar-refractivity contribution in [2.24, 2.45) is 29.1 Å². The normalized spacial score (nSPS) is 48.5. The summed E-state index contributed by atoms with van der Waals surface area (Å²) in [5.74, 6) is 3.98. The fourth-order valence-corrected chi connectivity index (χ4v) is 6.24. The van der Waals surface area contributed by atoms with Gasteiger partial charge in [0.25, 0.3) is 0 Å². The molecule has 5 fully saturated rings. The molecule has 4 saturated carbocycles. The van der Waals surface area contributed by atoms with E-state index in [9.17, 15) is 0 Å². The highest BCUT2D eigenvalue weighted by Gasteiger charge is 2.52. The molecule has 5 aliphatic rings. The van der Waals surface area contributed by atoms with Crippen molar-refractivity contribution in [3.8, 4) is 0 Å². The molecule has 5 rings (SSSR count). The molecular formula is C18H31NO. The van der Waals surface area contributed by atoms with Crippen LogP contribution >= 0.6 is 0 Å². The Hall–Kier alpha value is -0.0800. The van der Waals surface area contributed by atoms with Crippen molar-refractivity contribution >= 4 is 0 Å². The van der Waals surface area contributed by atoms with Crippen molar-refractivity contribution in [2.75, 3.05) is 19.8 Å².